The molecule has 1 saturated heterocycles. The van der Waals surface area contributed by atoms with Crippen molar-refractivity contribution in [2.75, 3.05) is 19.6 Å². The van der Waals surface area contributed by atoms with Gasteiger partial charge in [-0.15, -0.1) is 12.4 Å². The number of halogens is 1. The molecule has 1 aliphatic rings. The molecule has 0 saturated carbocycles. The van der Waals surface area contributed by atoms with Gasteiger partial charge in [-0.2, -0.15) is 0 Å². The van der Waals surface area contributed by atoms with E-state index in [4.69, 9.17) is 16.2 Å². The van der Waals surface area contributed by atoms with Crippen molar-refractivity contribution in [1.82, 2.24) is 10.2 Å². The number of likely N-dealkylation sites (tertiary alicyclic amines) is 1. The molecule has 0 bridgehead atoms. The maximum Gasteiger partial charge on any atom is 0.410 e. The van der Waals surface area contributed by atoms with Crippen molar-refractivity contribution in [3.63, 3.8) is 0 Å². The normalized spacial score (nSPS) is 15.6. The van der Waals surface area contributed by atoms with E-state index in [1.807, 2.05) is 30.3 Å². The first kappa shape index (κ1) is 22.6. The smallest absolute Gasteiger partial charge is 0.410 e. The van der Waals surface area contributed by atoms with Crippen LogP contribution in [0.1, 0.15) is 31.2 Å². The Balaban J connectivity index is 0.00000364. The van der Waals surface area contributed by atoms with Crippen molar-refractivity contribution in [1.29, 1.82) is 0 Å². The average Bonchev–Trinajstić information content (AvgIpc) is 3.13. The van der Waals surface area contributed by atoms with Crippen LogP contribution >= 0.6 is 12.4 Å². The van der Waals surface area contributed by atoms with E-state index in [0.29, 0.717) is 26.1 Å². The van der Waals surface area contributed by atoms with E-state index < -0.39 is 12.1 Å². The summed E-state index contributed by atoms with van der Waals surface area (Å²) in [5, 5.41) is 2.87. The minimum atomic E-state index is -0.462. The molecule has 150 valence electrons. The van der Waals surface area contributed by atoms with E-state index in [9.17, 15) is 9.59 Å². The van der Waals surface area contributed by atoms with Gasteiger partial charge in [0.25, 0.3) is 0 Å². The first-order valence-electron chi connectivity index (χ1n) is 8.88. The number of carbonyl (C=O) groups excluding carboxylic acids is 2. The molecule has 1 aromatic carbocycles. The molecule has 1 atom stereocenters. The zero-order chi connectivity index (χ0) is 18.8. The molecule has 0 spiro atoms. The van der Waals surface area contributed by atoms with Gasteiger partial charge in [0.1, 0.15) is 12.6 Å². The van der Waals surface area contributed by atoms with Crippen LogP contribution in [0.25, 0.3) is 0 Å². The summed E-state index contributed by atoms with van der Waals surface area (Å²) < 4.78 is 5.34. The second-order valence-electron chi connectivity index (χ2n) is 6.20. The van der Waals surface area contributed by atoms with Crippen LogP contribution in [-0.2, 0) is 16.1 Å². The first-order chi connectivity index (χ1) is 12.6. The summed E-state index contributed by atoms with van der Waals surface area (Å²) in [5.41, 5.74) is 11.4. The van der Waals surface area contributed by atoms with Gasteiger partial charge in [-0.05, 0) is 31.2 Å². The number of unbranched alkanes of at least 4 members (excludes halogenated alkanes) is 1. The molecule has 8 nitrogen and oxygen atoms in total. The Morgan fingerprint density at radius 3 is 2.67 bits per heavy atom. The second kappa shape index (κ2) is 12.0. The molecule has 1 aromatic rings. The highest BCUT2D eigenvalue weighted by molar-refractivity contribution is 5.86. The number of benzene rings is 1. The van der Waals surface area contributed by atoms with E-state index in [-0.39, 0.29) is 30.9 Å². The Hall–Kier alpha value is -2.48. The predicted molar refractivity (Wildman–Crippen MR) is 107 cm³/mol. The van der Waals surface area contributed by atoms with E-state index in [1.54, 1.807) is 0 Å². The number of hydrogen-bond acceptors (Lipinski definition) is 4. The van der Waals surface area contributed by atoms with Crippen LogP contribution in [0.4, 0.5) is 4.79 Å². The minimum Gasteiger partial charge on any atom is -0.445 e. The summed E-state index contributed by atoms with van der Waals surface area (Å²) in [6.45, 7) is 1.81. The number of hydrogen-bond donors (Lipinski definition) is 3. The van der Waals surface area contributed by atoms with Crippen molar-refractivity contribution >= 4 is 30.4 Å². The zero-order valence-electron chi connectivity index (χ0n) is 15.3. The maximum atomic E-state index is 12.3. The lowest BCUT2D eigenvalue weighted by molar-refractivity contribution is -0.125. The summed E-state index contributed by atoms with van der Waals surface area (Å²) >= 11 is 0. The molecular formula is C18H28ClN5O3. The Bertz CT molecular complexity index is 623. The largest absolute Gasteiger partial charge is 0.445 e. The van der Waals surface area contributed by atoms with Crippen LogP contribution in [0.2, 0.25) is 0 Å². The Kier molecular flexibility index (Phi) is 10.0. The predicted octanol–water partition coefficient (Wildman–Crippen LogP) is 1.38. The number of rotatable bonds is 8. The van der Waals surface area contributed by atoms with Gasteiger partial charge in [-0.3, -0.25) is 14.7 Å². The Morgan fingerprint density at radius 2 is 1.96 bits per heavy atom. The standard InChI is InChI=1S/C18H27N5O3.ClH/c19-17(20)22-11-5-4-10-21-16(24)15-9-6-12-23(15)18(25)26-13-14-7-2-1-3-8-14;/h1-3,7-8,15H,4-6,9-13H2,(H,21,24)(H4,19,20,22);1H/t15-;/m0./s1. The quantitative estimate of drug-likeness (QED) is 0.347. The molecule has 0 aromatic heterocycles. The molecule has 9 heteroatoms. The number of amides is 2. The fourth-order valence-corrected chi connectivity index (χ4v) is 2.83. The maximum absolute atomic E-state index is 12.3. The molecule has 5 N–H and O–H groups in total. The van der Waals surface area contributed by atoms with Crippen molar-refractivity contribution in [3.8, 4) is 0 Å². The number of aliphatic imine (C=N–C) groups is 1. The van der Waals surface area contributed by atoms with E-state index in [2.05, 4.69) is 10.3 Å². The molecule has 27 heavy (non-hydrogen) atoms. The Morgan fingerprint density at radius 1 is 1.22 bits per heavy atom. The SMILES string of the molecule is Cl.NC(N)=NCCCCNC(=O)[C@@H]1CCCN1C(=O)OCc1ccccc1. The van der Waals surface area contributed by atoms with Gasteiger partial charge in [0.05, 0.1) is 0 Å². The number of ether oxygens (including phenoxy) is 1. The van der Waals surface area contributed by atoms with Crippen LogP contribution < -0.4 is 16.8 Å². The molecule has 0 radical (unpaired) electrons. The summed E-state index contributed by atoms with van der Waals surface area (Å²) in [7, 11) is 0. The topological polar surface area (TPSA) is 123 Å². The molecule has 0 unspecified atom stereocenters. The minimum absolute atomic E-state index is 0. The van der Waals surface area contributed by atoms with Crippen LogP contribution in [-0.4, -0.2) is 48.5 Å². The lowest BCUT2D eigenvalue weighted by atomic mass is 10.2. The zero-order valence-corrected chi connectivity index (χ0v) is 16.1. The Labute approximate surface area is 165 Å². The van der Waals surface area contributed by atoms with Gasteiger partial charge in [0.15, 0.2) is 5.96 Å². The lowest BCUT2D eigenvalue weighted by Crippen LogP contribution is -2.46. The van der Waals surface area contributed by atoms with Crippen LogP contribution in [0.5, 0.6) is 0 Å². The van der Waals surface area contributed by atoms with E-state index in [0.717, 1.165) is 24.8 Å². The fraction of sp³-hybridized carbons (Fsp3) is 0.500. The van der Waals surface area contributed by atoms with Gasteiger partial charge >= 0.3 is 6.09 Å². The van der Waals surface area contributed by atoms with Crippen molar-refractivity contribution < 1.29 is 14.3 Å². The number of carbonyl (C=O) groups is 2. The number of nitrogens with zero attached hydrogens (tertiary/aromatic N) is 2. The summed E-state index contributed by atoms with van der Waals surface area (Å²) in [5.74, 6) is -0.0642. The van der Waals surface area contributed by atoms with Gasteiger partial charge in [0.2, 0.25) is 5.91 Å². The number of guanidine groups is 1. The van der Waals surface area contributed by atoms with Gasteiger partial charge in [-0.1, -0.05) is 30.3 Å². The van der Waals surface area contributed by atoms with Crippen molar-refractivity contribution in [2.45, 2.75) is 38.3 Å². The van der Waals surface area contributed by atoms with Gasteiger partial charge in [-0.25, -0.2) is 4.79 Å². The van der Waals surface area contributed by atoms with Crippen LogP contribution in [0.3, 0.4) is 0 Å². The number of nitrogens with one attached hydrogen (secondary N) is 1. The molecule has 1 heterocycles. The molecule has 1 aliphatic heterocycles. The molecule has 1 fully saturated rings. The molecular weight excluding hydrogens is 370 g/mol. The second-order valence-corrected chi connectivity index (χ2v) is 6.20. The highest BCUT2D eigenvalue weighted by atomic mass is 35.5. The first-order valence-corrected chi connectivity index (χ1v) is 8.88. The van der Waals surface area contributed by atoms with Crippen molar-refractivity contribution in [2.24, 2.45) is 16.5 Å². The van der Waals surface area contributed by atoms with E-state index >= 15 is 0 Å². The lowest BCUT2D eigenvalue weighted by Gasteiger charge is -2.23. The van der Waals surface area contributed by atoms with Crippen molar-refractivity contribution in [3.05, 3.63) is 35.9 Å². The number of nitrogens with two attached hydrogens (primary N) is 2. The fourth-order valence-electron chi connectivity index (χ4n) is 2.83. The third kappa shape index (κ3) is 7.74. The third-order valence-electron chi connectivity index (χ3n) is 4.17. The van der Waals surface area contributed by atoms with Gasteiger partial charge < -0.3 is 21.5 Å². The third-order valence-corrected chi connectivity index (χ3v) is 4.17. The average molecular weight is 398 g/mol. The monoisotopic (exact) mass is 397 g/mol. The van der Waals surface area contributed by atoms with Crippen LogP contribution in [0.15, 0.2) is 35.3 Å². The van der Waals surface area contributed by atoms with Crippen LogP contribution in [0, 0.1) is 0 Å². The van der Waals surface area contributed by atoms with E-state index in [1.165, 1.54) is 4.90 Å². The van der Waals surface area contributed by atoms with Gasteiger partial charge in [0, 0.05) is 19.6 Å². The highest BCUT2D eigenvalue weighted by Gasteiger charge is 2.34. The summed E-state index contributed by atoms with van der Waals surface area (Å²) in [6, 6.07) is 9.01. The molecule has 2 rings (SSSR count). The summed E-state index contributed by atoms with van der Waals surface area (Å²) in [6.07, 6.45) is 2.56. The molecule has 0 aliphatic carbocycles. The summed E-state index contributed by atoms with van der Waals surface area (Å²) in [4.78, 5) is 30.0. The highest BCUT2D eigenvalue weighted by Crippen LogP contribution is 2.19. The molecule has 2 amide bonds.